The Morgan fingerprint density at radius 2 is 1.73 bits per heavy atom. The first kappa shape index (κ1) is 15.1. The molecule has 1 aliphatic heterocycles. The van der Waals surface area contributed by atoms with E-state index in [0.717, 1.165) is 49.9 Å². The van der Waals surface area contributed by atoms with Crippen molar-refractivity contribution in [2.45, 2.75) is 45.6 Å². The van der Waals surface area contributed by atoms with E-state index in [2.05, 4.69) is 5.32 Å². The van der Waals surface area contributed by atoms with E-state index in [-0.39, 0.29) is 11.9 Å². The van der Waals surface area contributed by atoms with Crippen molar-refractivity contribution < 1.29 is 9.59 Å². The first-order valence-corrected chi connectivity index (χ1v) is 8.21. The van der Waals surface area contributed by atoms with Crippen LogP contribution in [0.4, 0.5) is 0 Å². The SMILES string of the molecule is Cc1ccc(C(=O)NC2CCN(C(=O)C3CC3)CC2)cc1C. The normalized spacial score (nSPS) is 19.1. The zero-order valence-corrected chi connectivity index (χ0v) is 13.4. The van der Waals surface area contributed by atoms with Gasteiger partial charge in [0.1, 0.15) is 0 Å². The van der Waals surface area contributed by atoms with Crippen LogP contribution in [0.3, 0.4) is 0 Å². The second-order valence-electron chi connectivity index (χ2n) is 6.65. The highest BCUT2D eigenvalue weighted by Gasteiger charge is 2.35. The van der Waals surface area contributed by atoms with Gasteiger partial charge in [0.05, 0.1) is 0 Å². The summed E-state index contributed by atoms with van der Waals surface area (Å²) in [5.74, 6) is 0.607. The second-order valence-corrected chi connectivity index (χ2v) is 6.65. The van der Waals surface area contributed by atoms with E-state index in [1.807, 2.05) is 36.9 Å². The average molecular weight is 300 g/mol. The van der Waals surface area contributed by atoms with Gasteiger partial charge in [-0.3, -0.25) is 9.59 Å². The zero-order chi connectivity index (χ0) is 15.7. The number of carbonyl (C=O) groups is 2. The van der Waals surface area contributed by atoms with Crippen LogP contribution in [0.15, 0.2) is 18.2 Å². The molecule has 22 heavy (non-hydrogen) atoms. The summed E-state index contributed by atoms with van der Waals surface area (Å²) in [6, 6.07) is 5.98. The lowest BCUT2D eigenvalue weighted by Crippen LogP contribution is -2.47. The molecule has 1 aliphatic carbocycles. The molecule has 0 aromatic heterocycles. The van der Waals surface area contributed by atoms with Gasteiger partial charge in [0.25, 0.3) is 5.91 Å². The second kappa shape index (κ2) is 6.11. The number of rotatable bonds is 3. The summed E-state index contributed by atoms with van der Waals surface area (Å²) in [5, 5.41) is 3.11. The van der Waals surface area contributed by atoms with E-state index in [0.29, 0.717) is 11.8 Å². The largest absolute Gasteiger partial charge is 0.349 e. The first-order chi connectivity index (χ1) is 10.5. The van der Waals surface area contributed by atoms with Gasteiger partial charge in [0, 0.05) is 30.6 Å². The molecule has 4 heteroatoms. The third kappa shape index (κ3) is 3.32. The summed E-state index contributed by atoms with van der Waals surface area (Å²) in [7, 11) is 0. The van der Waals surface area contributed by atoms with Crippen LogP contribution in [-0.2, 0) is 4.79 Å². The number of likely N-dealkylation sites (tertiary alicyclic amines) is 1. The molecule has 0 atom stereocenters. The highest BCUT2D eigenvalue weighted by atomic mass is 16.2. The van der Waals surface area contributed by atoms with E-state index in [1.54, 1.807) is 0 Å². The Morgan fingerprint density at radius 1 is 1.05 bits per heavy atom. The fourth-order valence-electron chi connectivity index (χ4n) is 2.98. The molecule has 0 spiro atoms. The van der Waals surface area contributed by atoms with Crippen molar-refractivity contribution in [3.63, 3.8) is 0 Å². The molecule has 2 fully saturated rings. The van der Waals surface area contributed by atoms with Gasteiger partial charge < -0.3 is 10.2 Å². The van der Waals surface area contributed by atoms with Crippen molar-refractivity contribution in [3.05, 3.63) is 34.9 Å². The number of amides is 2. The molecule has 2 aliphatic rings. The molecule has 0 unspecified atom stereocenters. The summed E-state index contributed by atoms with van der Waals surface area (Å²) in [5.41, 5.74) is 3.06. The van der Waals surface area contributed by atoms with Crippen molar-refractivity contribution in [2.24, 2.45) is 5.92 Å². The molecular formula is C18H24N2O2. The van der Waals surface area contributed by atoms with E-state index in [1.165, 1.54) is 5.56 Å². The molecule has 118 valence electrons. The minimum Gasteiger partial charge on any atom is -0.349 e. The topological polar surface area (TPSA) is 49.4 Å². The Balaban J connectivity index is 1.52. The Hall–Kier alpha value is -1.84. The van der Waals surface area contributed by atoms with Gasteiger partial charge in [-0.1, -0.05) is 6.07 Å². The van der Waals surface area contributed by atoms with Gasteiger partial charge in [-0.05, 0) is 62.8 Å². The Labute approximate surface area is 131 Å². The quantitative estimate of drug-likeness (QED) is 0.932. The van der Waals surface area contributed by atoms with Gasteiger partial charge in [0.15, 0.2) is 0 Å². The van der Waals surface area contributed by atoms with Crippen molar-refractivity contribution in [1.29, 1.82) is 0 Å². The third-order valence-electron chi connectivity index (χ3n) is 4.84. The van der Waals surface area contributed by atoms with Crippen molar-refractivity contribution in [2.75, 3.05) is 13.1 Å². The van der Waals surface area contributed by atoms with Crippen LogP contribution in [0.5, 0.6) is 0 Å². The summed E-state index contributed by atoms with van der Waals surface area (Å²) >= 11 is 0. The van der Waals surface area contributed by atoms with Crippen LogP contribution in [0.1, 0.15) is 47.2 Å². The van der Waals surface area contributed by atoms with Crippen molar-refractivity contribution in [1.82, 2.24) is 10.2 Å². The Kier molecular flexibility index (Phi) is 4.19. The smallest absolute Gasteiger partial charge is 0.251 e. The average Bonchev–Trinajstić information content (AvgIpc) is 3.35. The molecule has 3 rings (SSSR count). The molecule has 4 nitrogen and oxygen atoms in total. The number of aryl methyl sites for hydroxylation is 2. The Morgan fingerprint density at radius 3 is 2.32 bits per heavy atom. The molecule has 1 saturated heterocycles. The molecule has 0 bridgehead atoms. The van der Waals surface area contributed by atoms with Crippen molar-refractivity contribution in [3.8, 4) is 0 Å². The highest BCUT2D eigenvalue weighted by molar-refractivity contribution is 5.94. The number of piperidine rings is 1. The highest BCUT2D eigenvalue weighted by Crippen LogP contribution is 2.31. The Bertz CT molecular complexity index is 585. The number of hydrogen-bond acceptors (Lipinski definition) is 2. The van der Waals surface area contributed by atoms with Crippen LogP contribution in [0, 0.1) is 19.8 Å². The fourth-order valence-corrected chi connectivity index (χ4v) is 2.98. The predicted molar refractivity (Wildman–Crippen MR) is 85.7 cm³/mol. The minimum absolute atomic E-state index is 0.00457. The van der Waals surface area contributed by atoms with Crippen LogP contribution in [-0.4, -0.2) is 35.8 Å². The molecular weight excluding hydrogens is 276 g/mol. The number of benzene rings is 1. The molecule has 2 amide bonds. The lowest BCUT2D eigenvalue weighted by molar-refractivity contribution is -0.133. The first-order valence-electron chi connectivity index (χ1n) is 8.21. The van der Waals surface area contributed by atoms with Gasteiger partial charge in [0.2, 0.25) is 5.91 Å². The lowest BCUT2D eigenvalue weighted by atomic mass is 10.0. The van der Waals surface area contributed by atoms with Gasteiger partial charge in [-0.25, -0.2) is 0 Å². The minimum atomic E-state index is -0.00457. The third-order valence-corrected chi connectivity index (χ3v) is 4.84. The predicted octanol–water partition coefficient (Wildman–Crippen LogP) is 2.43. The summed E-state index contributed by atoms with van der Waals surface area (Å²) in [6.45, 7) is 5.61. The zero-order valence-electron chi connectivity index (χ0n) is 13.4. The number of nitrogens with one attached hydrogen (secondary N) is 1. The summed E-state index contributed by atoms with van der Waals surface area (Å²) < 4.78 is 0. The van der Waals surface area contributed by atoms with Crippen molar-refractivity contribution >= 4 is 11.8 Å². The fraction of sp³-hybridized carbons (Fsp3) is 0.556. The number of nitrogens with zero attached hydrogens (tertiary/aromatic N) is 1. The summed E-state index contributed by atoms with van der Waals surface area (Å²) in [4.78, 5) is 26.3. The molecule has 1 heterocycles. The van der Waals surface area contributed by atoms with Crippen LogP contribution >= 0.6 is 0 Å². The van der Waals surface area contributed by atoms with E-state index >= 15 is 0 Å². The van der Waals surface area contributed by atoms with E-state index < -0.39 is 0 Å². The molecule has 1 aromatic carbocycles. The maximum atomic E-state index is 12.3. The monoisotopic (exact) mass is 300 g/mol. The van der Waals surface area contributed by atoms with Gasteiger partial charge in [-0.2, -0.15) is 0 Å². The standard InChI is InChI=1S/C18H24N2O2/c1-12-3-4-15(11-13(12)2)17(21)19-16-7-9-20(10-8-16)18(22)14-5-6-14/h3-4,11,14,16H,5-10H2,1-2H3,(H,19,21). The van der Waals surface area contributed by atoms with E-state index in [4.69, 9.17) is 0 Å². The van der Waals surface area contributed by atoms with Gasteiger partial charge in [-0.15, -0.1) is 0 Å². The maximum absolute atomic E-state index is 12.3. The lowest BCUT2D eigenvalue weighted by Gasteiger charge is -2.32. The molecule has 1 N–H and O–H groups in total. The molecule has 0 radical (unpaired) electrons. The summed E-state index contributed by atoms with van der Waals surface area (Å²) in [6.07, 6.45) is 3.83. The van der Waals surface area contributed by atoms with Gasteiger partial charge >= 0.3 is 0 Å². The maximum Gasteiger partial charge on any atom is 0.251 e. The van der Waals surface area contributed by atoms with E-state index in [9.17, 15) is 9.59 Å². The van der Waals surface area contributed by atoms with Crippen LogP contribution < -0.4 is 5.32 Å². The van der Waals surface area contributed by atoms with Crippen LogP contribution in [0.25, 0.3) is 0 Å². The number of carbonyl (C=O) groups excluding carboxylic acids is 2. The molecule has 1 saturated carbocycles. The van der Waals surface area contributed by atoms with Crippen LogP contribution in [0.2, 0.25) is 0 Å². The molecule has 1 aromatic rings. The number of hydrogen-bond donors (Lipinski definition) is 1.